The number of carbonyl (C=O) groups is 1. The van der Waals surface area contributed by atoms with Crippen molar-refractivity contribution in [2.24, 2.45) is 5.41 Å². The Bertz CT molecular complexity index is 1030. The summed E-state index contributed by atoms with van der Waals surface area (Å²) in [4.78, 5) is 17.3. The number of ether oxygens (including phenoxy) is 1. The number of para-hydroxylation sites is 2. The minimum Gasteiger partial charge on any atom is -0.494 e. The third-order valence-electron chi connectivity index (χ3n) is 5.96. The number of hydrogen-bond acceptors (Lipinski definition) is 3. The predicted molar refractivity (Wildman–Crippen MR) is 131 cm³/mol. The van der Waals surface area contributed by atoms with E-state index in [0.717, 1.165) is 42.0 Å². The van der Waals surface area contributed by atoms with Gasteiger partial charge in [0.2, 0.25) is 5.91 Å². The molecule has 2 unspecified atom stereocenters. The first-order chi connectivity index (χ1) is 15.2. The van der Waals surface area contributed by atoms with Crippen LogP contribution in [0.3, 0.4) is 0 Å². The second kappa shape index (κ2) is 10.2. The standard InChI is InChI=1S/C27H37N3O2/c1-7-19(2)21-13-15-22(16-14-21)32-18-10-17-30-24-12-9-8-11-23(24)29-25(30)20(3)28-26(31)27(4,5)6/h8-9,11-16,19-20H,7,10,17-18H2,1-6H3,(H,28,31). The fourth-order valence-corrected chi connectivity index (χ4v) is 3.68. The first-order valence-electron chi connectivity index (χ1n) is 11.7. The molecule has 1 amide bonds. The van der Waals surface area contributed by atoms with Gasteiger partial charge in [0.05, 0.1) is 23.7 Å². The van der Waals surface area contributed by atoms with Gasteiger partial charge in [-0.25, -0.2) is 4.98 Å². The zero-order chi connectivity index (χ0) is 23.3. The maximum absolute atomic E-state index is 12.5. The average Bonchev–Trinajstić information content (AvgIpc) is 3.14. The number of fused-ring (bicyclic) bond motifs is 1. The van der Waals surface area contributed by atoms with Crippen molar-refractivity contribution in [1.29, 1.82) is 0 Å². The quantitative estimate of drug-likeness (QED) is 0.405. The minimum absolute atomic E-state index is 0.0211. The number of amides is 1. The number of rotatable bonds is 9. The Morgan fingerprint density at radius 3 is 2.44 bits per heavy atom. The molecule has 2 atom stereocenters. The van der Waals surface area contributed by atoms with E-state index in [9.17, 15) is 4.79 Å². The highest BCUT2D eigenvalue weighted by atomic mass is 16.5. The van der Waals surface area contributed by atoms with Crippen LogP contribution >= 0.6 is 0 Å². The van der Waals surface area contributed by atoms with Gasteiger partial charge in [-0.1, -0.05) is 58.9 Å². The van der Waals surface area contributed by atoms with Gasteiger partial charge >= 0.3 is 0 Å². The van der Waals surface area contributed by atoms with Gasteiger partial charge in [-0.2, -0.15) is 0 Å². The lowest BCUT2D eigenvalue weighted by atomic mass is 9.95. The minimum atomic E-state index is -0.441. The maximum atomic E-state index is 12.5. The van der Waals surface area contributed by atoms with Gasteiger partial charge in [0.1, 0.15) is 11.6 Å². The van der Waals surface area contributed by atoms with Crippen molar-refractivity contribution < 1.29 is 9.53 Å². The van der Waals surface area contributed by atoms with Crippen molar-refractivity contribution in [1.82, 2.24) is 14.9 Å². The molecule has 0 saturated carbocycles. The summed E-state index contributed by atoms with van der Waals surface area (Å²) in [7, 11) is 0. The molecule has 1 N–H and O–H groups in total. The third kappa shape index (κ3) is 5.70. The second-order valence-corrected chi connectivity index (χ2v) is 9.64. The fraction of sp³-hybridized carbons (Fsp3) is 0.481. The lowest BCUT2D eigenvalue weighted by Gasteiger charge is -2.22. The predicted octanol–water partition coefficient (Wildman–Crippen LogP) is 6.24. The summed E-state index contributed by atoms with van der Waals surface area (Å²) >= 11 is 0. The van der Waals surface area contributed by atoms with E-state index < -0.39 is 5.41 Å². The van der Waals surface area contributed by atoms with Crippen LogP contribution in [0.15, 0.2) is 48.5 Å². The van der Waals surface area contributed by atoms with Gasteiger partial charge in [-0.05, 0) is 55.5 Å². The highest BCUT2D eigenvalue weighted by Crippen LogP contribution is 2.24. The Labute approximate surface area is 192 Å². The van der Waals surface area contributed by atoms with E-state index in [0.29, 0.717) is 12.5 Å². The number of imidazole rings is 1. The van der Waals surface area contributed by atoms with Gasteiger partial charge in [-0.3, -0.25) is 4.79 Å². The molecule has 32 heavy (non-hydrogen) atoms. The summed E-state index contributed by atoms with van der Waals surface area (Å²) in [5.41, 5.74) is 2.93. The Morgan fingerprint density at radius 2 is 1.78 bits per heavy atom. The average molecular weight is 436 g/mol. The van der Waals surface area contributed by atoms with Gasteiger partial charge in [-0.15, -0.1) is 0 Å². The summed E-state index contributed by atoms with van der Waals surface area (Å²) in [6.45, 7) is 13.6. The molecule has 5 nitrogen and oxygen atoms in total. The van der Waals surface area contributed by atoms with Gasteiger partial charge < -0.3 is 14.6 Å². The zero-order valence-electron chi connectivity index (χ0n) is 20.3. The van der Waals surface area contributed by atoms with Crippen molar-refractivity contribution in [3.63, 3.8) is 0 Å². The monoisotopic (exact) mass is 435 g/mol. The van der Waals surface area contributed by atoms with Crippen LogP contribution in [0, 0.1) is 5.41 Å². The molecule has 0 fully saturated rings. The molecule has 5 heteroatoms. The van der Waals surface area contributed by atoms with Crippen molar-refractivity contribution in [3.8, 4) is 5.75 Å². The van der Waals surface area contributed by atoms with Crippen molar-refractivity contribution in [3.05, 3.63) is 59.9 Å². The summed E-state index contributed by atoms with van der Waals surface area (Å²) in [6.07, 6.45) is 1.98. The molecular formula is C27H37N3O2. The summed E-state index contributed by atoms with van der Waals surface area (Å²) in [5, 5.41) is 3.12. The van der Waals surface area contributed by atoms with Gasteiger partial charge in [0.25, 0.3) is 0 Å². The van der Waals surface area contributed by atoms with E-state index in [1.54, 1.807) is 0 Å². The summed E-state index contributed by atoms with van der Waals surface area (Å²) < 4.78 is 8.20. The van der Waals surface area contributed by atoms with E-state index in [-0.39, 0.29) is 11.9 Å². The first-order valence-corrected chi connectivity index (χ1v) is 11.7. The van der Waals surface area contributed by atoms with Crippen LogP contribution in [0.5, 0.6) is 5.75 Å². The molecule has 0 saturated heterocycles. The van der Waals surface area contributed by atoms with Crippen LogP contribution in [-0.2, 0) is 11.3 Å². The highest BCUT2D eigenvalue weighted by Gasteiger charge is 2.25. The van der Waals surface area contributed by atoms with Crippen LogP contribution < -0.4 is 10.1 Å². The van der Waals surface area contributed by atoms with E-state index >= 15 is 0 Å². The Hall–Kier alpha value is -2.82. The number of aryl methyl sites for hydroxylation is 1. The molecule has 0 spiro atoms. The molecule has 0 aliphatic heterocycles. The third-order valence-corrected chi connectivity index (χ3v) is 5.96. The lowest BCUT2D eigenvalue weighted by Crippen LogP contribution is -2.37. The van der Waals surface area contributed by atoms with E-state index in [2.05, 4.69) is 54.1 Å². The number of nitrogens with one attached hydrogen (secondary N) is 1. The number of hydrogen-bond donors (Lipinski definition) is 1. The Kier molecular flexibility index (Phi) is 7.60. The molecule has 1 heterocycles. The first kappa shape index (κ1) is 23.8. The molecule has 3 aromatic rings. The van der Waals surface area contributed by atoms with Gasteiger partial charge in [0.15, 0.2) is 0 Å². The van der Waals surface area contributed by atoms with E-state index in [1.165, 1.54) is 5.56 Å². The number of benzene rings is 2. The maximum Gasteiger partial charge on any atom is 0.225 e. The molecule has 172 valence electrons. The van der Waals surface area contributed by atoms with Crippen molar-refractivity contribution in [2.45, 2.75) is 72.9 Å². The number of carbonyl (C=O) groups excluding carboxylic acids is 1. The molecule has 1 aromatic heterocycles. The molecule has 3 rings (SSSR count). The normalized spacial score (nSPS) is 13.7. The van der Waals surface area contributed by atoms with Crippen LogP contribution in [0.25, 0.3) is 11.0 Å². The SMILES string of the molecule is CCC(C)c1ccc(OCCCn2c(C(C)NC(=O)C(C)(C)C)nc3ccccc32)cc1. The highest BCUT2D eigenvalue weighted by molar-refractivity contribution is 5.82. The molecule has 0 aliphatic carbocycles. The number of aromatic nitrogens is 2. The number of nitrogens with zero attached hydrogens (tertiary/aromatic N) is 2. The molecule has 2 aromatic carbocycles. The van der Waals surface area contributed by atoms with Crippen LogP contribution in [-0.4, -0.2) is 22.1 Å². The second-order valence-electron chi connectivity index (χ2n) is 9.64. The molecule has 0 bridgehead atoms. The van der Waals surface area contributed by atoms with Crippen molar-refractivity contribution in [2.75, 3.05) is 6.61 Å². The summed E-state index contributed by atoms with van der Waals surface area (Å²) in [6, 6.07) is 16.4. The Morgan fingerprint density at radius 1 is 1.09 bits per heavy atom. The smallest absolute Gasteiger partial charge is 0.225 e. The molecular weight excluding hydrogens is 398 g/mol. The van der Waals surface area contributed by atoms with E-state index in [1.807, 2.05) is 45.9 Å². The molecule has 0 aliphatic rings. The summed E-state index contributed by atoms with van der Waals surface area (Å²) in [5.74, 6) is 2.37. The van der Waals surface area contributed by atoms with E-state index in [4.69, 9.17) is 9.72 Å². The van der Waals surface area contributed by atoms with Crippen LogP contribution in [0.2, 0.25) is 0 Å². The zero-order valence-corrected chi connectivity index (χ0v) is 20.3. The largest absolute Gasteiger partial charge is 0.494 e. The molecule has 0 radical (unpaired) electrons. The Balaban J connectivity index is 1.67. The van der Waals surface area contributed by atoms with Crippen LogP contribution in [0.4, 0.5) is 0 Å². The lowest BCUT2D eigenvalue weighted by molar-refractivity contribution is -0.129. The topological polar surface area (TPSA) is 56.1 Å². The van der Waals surface area contributed by atoms with Crippen molar-refractivity contribution >= 4 is 16.9 Å². The fourth-order valence-electron chi connectivity index (χ4n) is 3.68. The van der Waals surface area contributed by atoms with Crippen LogP contribution in [0.1, 0.15) is 77.7 Å². The van der Waals surface area contributed by atoms with Gasteiger partial charge in [0, 0.05) is 12.0 Å².